The Balaban J connectivity index is 1.98. The molecule has 3 nitrogen and oxygen atoms in total. The third-order valence-corrected chi connectivity index (χ3v) is 2.42. The second-order valence-electron chi connectivity index (χ2n) is 3.64. The van der Waals surface area contributed by atoms with Crippen LogP contribution in [0.1, 0.15) is 24.2 Å². The third kappa shape index (κ3) is 2.18. The van der Waals surface area contributed by atoms with Crippen molar-refractivity contribution in [2.75, 3.05) is 6.61 Å². The first-order valence-corrected chi connectivity index (χ1v) is 5.11. The van der Waals surface area contributed by atoms with Crippen LogP contribution in [0.15, 0.2) is 24.3 Å². The summed E-state index contributed by atoms with van der Waals surface area (Å²) in [6.07, 6.45) is -0.502. The van der Waals surface area contributed by atoms with Gasteiger partial charge in [-0.15, -0.1) is 0 Å². The van der Waals surface area contributed by atoms with Crippen LogP contribution >= 0.6 is 0 Å². The molecule has 2 rings (SSSR count). The first kappa shape index (κ1) is 10.2. The third-order valence-electron chi connectivity index (χ3n) is 2.42. The van der Waals surface area contributed by atoms with Crippen LogP contribution in [-0.4, -0.2) is 18.7 Å². The molecule has 0 radical (unpaired) electrons. The molecule has 1 aromatic carbocycles. The fourth-order valence-corrected chi connectivity index (χ4v) is 1.53. The van der Waals surface area contributed by atoms with Crippen molar-refractivity contribution in [1.29, 1.82) is 0 Å². The summed E-state index contributed by atoms with van der Waals surface area (Å²) in [5.74, 6) is -0.261. The minimum atomic E-state index is -0.396. The summed E-state index contributed by atoms with van der Waals surface area (Å²) < 4.78 is 10.2. The average Bonchev–Trinajstić information content (AvgIpc) is 2.99. The van der Waals surface area contributed by atoms with Crippen LogP contribution in [0.25, 0.3) is 0 Å². The molecule has 1 aliphatic rings. The van der Waals surface area contributed by atoms with Gasteiger partial charge in [0.05, 0.1) is 6.61 Å². The molecule has 0 spiro atoms. The normalized spacial score (nSPS) is 23.6. The Morgan fingerprint density at radius 2 is 2.07 bits per heavy atom. The zero-order valence-electron chi connectivity index (χ0n) is 8.90. The van der Waals surface area contributed by atoms with Gasteiger partial charge in [0.15, 0.2) is 6.10 Å². The van der Waals surface area contributed by atoms with Crippen molar-refractivity contribution in [3.8, 4) is 0 Å². The molecule has 1 saturated heterocycles. The topological polar surface area (TPSA) is 38.8 Å². The lowest BCUT2D eigenvalue weighted by Gasteiger charge is -1.98. The molecule has 0 N–H and O–H groups in total. The number of carbonyl (C=O) groups excluding carboxylic acids is 1. The van der Waals surface area contributed by atoms with Crippen molar-refractivity contribution < 1.29 is 14.3 Å². The van der Waals surface area contributed by atoms with Crippen LogP contribution in [-0.2, 0) is 14.3 Å². The van der Waals surface area contributed by atoms with Gasteiger partial charge in [0.2, 0.25) is 0 Å². The van der Waals surface area contributed by atoms with E-state index in [2.05, 4.69) is 0 Å². The fraction of sp³-hybridized carbons (Fsp3) is 0.417. The van der Waals surface area contributed by atoms with Gasteiger partial charge < -0.3 is 9.47 Å². The lowest BCUT2D eigenvalue weighted by atomic mass is 10.1. The smallest absolute Gasteiger partial charge is 0.338 e. The van der Waals surface area contributed by atoms with Gasteiger partial charge in [-0.3, -0.25) is 0 Å². The van der Waals surface area contributed by atoms with E-state index in [1.165, 1.54) is 5.56 Å². The van der Waals surface area contributed by atoms with Gasteiger partial charge in [-0.1, -0.05) is 29.8 Å². The molecular formula is C12H14O3. The predicted octanol–water partition coefficient (Wildman–Crippen LogP) is 2.00. The van der Waals surface area contributed by atoms with Gasteiger partial charge in [-0.05, 0) is 19.4 Å². The van der Waals surface area contributed by atoms with Crippen molar-refractivity contribution in [2.45, 2.75) is 26.1 Å². The van der Waals surface area contributed by atoms with Crippen molar-refractivity contribution in [3.63, 3.8) is 0 Å². The highest BCUT2D eigenvalue weighted by Gasteiger charge is 2.47. The number of benzene rings is 1. The van der Waals surface area contributed by atoms with Gasteiger partial charge >= 0.3 is 5.97 Å². The maximum Gasteiger partial charge on any atom is 0.338 e. The van der Waals surface area contributed by atoms with Gasteiger partial charge in [-0.25, -0.2) is 4.79 Å². The standard InChI is InChI=1S/C12H14O3/c1-3-14-12(13)11-10(15-11)9-6-4-8(2)5-7-9/h4-7,10-11H,3H2,1-2H3. The highest BCUT2D eigenvalue weighted by molar-refractivity contribution is 5.78. The molecule has 0 saturated carbocycles. The Labute approximate surface area is 89.0 Å². The molecule has 2 atom stereocenters. The summed E-state index contributed by atoms with van der Waals surface area (Å²) in [5.41, 5.74) is 2.24. The lowest BCUT2D eigenvalue weighted by molar-refractivity contribution is -0.144. The average molecular weight is 206 g/mol. The Bertz CT molecular complexity index is 356. The Kier molecular flexibility index (Phi) is 2.73. The fourth-order valence-electron chi connectivity index (χ4n) is 1.53. The highest BCUT2D eigenvalue weighted by Crippen LogP contribution is 2.39. The first-order valence-electron chi connectivity index (χ1n) is 5.11. The zero-order chi connectivity index (χ0) is 10.8. The van der Waals surface area contributed by atoms with E-state index in [4.69, 9.17) is 9.47 Å². The number of epoxide rings is 1. The van der Waals surface area contributed by atoms with Crippen LogP contribution in [0.3, 0.4) is 0 Å². The molecule has 2 unspecified atom stereocenters. The predicted molar refractivity (Wildman–Crippen MR) is 55.4 cm³/mol. The number of ether oxygens (including phenoxy) is 2. The van der Waals surface area contributed by atoms with Crippen LogP contribution in [0.4, 0.5) is 0 Å². The Morgan fingerprint density at radius 3 is 2.67 bits per heavy atom. The van der Waals surface area contributed by atoms with E-state index in [0.717, 1.165) is 5.56 Å². The summed E-state index contributed by atoms with van der Waals surface area (Å²) in [6, 6.07) is 8.00. The molecule has 1 aliphatic heterocycles. The second-order valence-corrected chi connectivity index (χ2v) is 3.64. The van der Waals surface area contributed by atoms with E-state index in [0.29, 0.717) is 6.61 Å². The number of hydrogen-bond donors (Lipinski definition) is 0. The Hall–Kier alpha value is -1.35. The molecule has 1 fully saturated rings. The SMILES string of the molecule is CCOC(=O)C1OC1c1ccc(C)cc1. The van der Waals surface area contributed by atoms with Crippen molar-refractivity contribution in [1.82, 2.24) is 0 Å². The molecule has 3 heteroatoms. The monoisotopic (exact) mass is 206 g/mol. The number of aryl methyl sites for hydroxylation is 1. The van der Waals surface area contributed by atoms with E-state index in [1.54, 1.807) is 6.92 Å². The summed E-state index contributed by atoms with van der Waals surface area (Å²) in [7, 11) is 0. The summed E-state index contributed by atoms with van der Waals surface area (Å²) in [5, 5.41) is 0. The summed E-state index contributed by atoms with van der Waals surface area (Å²) in [6.45, 7) is 4.22. The first-order chi connectivity index (χ1) is 7.22. The zero-order valence-corrected chi connectivity index (χ0v) is 8.90. The van der Waals surface area contributed by atoms with Gasteiger partial charge in [0.1, 0.15) is 6.10 Å². The quantitative estimate of drug-likeness (QED) is 0.561. The van der Waals surface area contributed by atoms with Gasteiger partial charge in [-0.2, -0.15) is 0 Å². The molecule has 0 aromatic heterocycles. The van der Waals surface area contributed by atoms with Crippen molar-refractivity contribution >= 4 is 5.97 Å². The van der Waals surface area contributed by atoms with Crippen LogP contribution in [0.5, 0.6) is 0 Å². The molecule has 0 amide bonds. The minimum Gasteiger partial charge on any atom is -0.464 e. The number of carbonyl (C=O) groups is 1. The largest absolute Gasteiger partial charge is 0.464 e. The highest BCUT2D eigenvalue weighted by atomic mass is 16.6. The van der Waals surface area contributed by atoms with E-state index in [1.807, 2.05) is 31.2 Å². The van der Waals surface area contributed by atoms with Gasteiger partial charge in [0.25, 0.3) is 0 Å². The van der Waals surface area contributed by atoms with Crippen LogP contribution in [0.2, 0.25) is 0 Å². The molecular weight excluding hydrogens is 192 g/mol. The molecule has 0 aliphatic carbocycles. The molecule has 80 valence electrons. The van der Waals surface area contributed by atoms with Crippen molar-refractivity contribution in [2.24, 2.45) is 0 Å². The molecule has 1 aromatic rings. The molecule has 15 heavy (non-hydrogen) atoms. The minimum absolute atomic E-state index is 0.107. The number of hydrogen-bond acceptors (Lipinski definition) is 3. The lowest BCUT2D eigenvalue weighted by Crippen LogP contribution is -2.11. The maximum absolute atomic E-state index is 11.3. The second kappa shape index (κ2) is 4.03. The summed E-state index contributed by atoms with van der Waals surface area (Å²) >= 11 is 0. The number of esters is 1. The molecule has 0 bridgehead atoms. The van der Waals surface area contributed by atoms with Crippen LogP contribution in [0, 0.1) is 6.92 Å². The summed E-state index contributed by atoms with van der Waals surface area (Å²) in [4.78, 5) is 11.3. The van der Waals surface area contributed by atoms with Gasteiger partial charge in [0, 0.05) is 0 Å². The molecule has 1 heterocycles. The van der Waals surface area contributed by atoms with E-state index in [9.17, 15) is 4.79 Å². The Morgan fingerprint density at radius 1 is 1.40 bits per heavy atom. The van der Waals surface area contributed by atoms with E-state index < -0.39 is 6.10 Å². The van der Waals surface area contributed by atoms with E-state index >= 15 is 0 Å². The maximum atomic E-state index is 11.3. The van der Waals surface area contributed by atoms with E-state index in [-0.39, 0.29) is 12.1 Å². The van der Waals surface area contributed by atoms with Crippen LogP contribution < -0.4 is 0 Å². The number of rotatable bonds is 3. The van der Waals surface area contributed by atoms with Crippen molar-refractivity contribution in [3.05, 3.63) is 35.4 Å².